The maximum atomic E-state index is 6.90. The van der Waals surface area contributed by atoms with Crippen molar-refractivity contribution in [3.63, 3.8) is 0 Å². The molecule has 0 saturated carbocycles. The van der Waals surface area contributed by atoms with Crippen LogP contribution < -0.4 is 26.0 Å². The van der Waals surface area contributed by atoms with E-state index in [1.54, 1.807) is 0 Å². The lowest BCUT2D eigenvalue weighted by molar-refractivity contribution is 0.487. The van der Waals surface area contributed by atoms with E-state index in [-0.39, 0.29) is 6.71 Å². The average molecular weight is 626 g/mol. The molecule has 11 rings (SSSR count). The van der Waals surface area contributed by atoms with E-state index in [1.807, 2.05) is 0 Å². The molecule has 0 unspecified atom stereocenters. The summed E-state index contributed by atoms with van der Waals surface area (Å²) in [5, 5.41) is 2.47. The minimum atomic E-state index is 0.0394. The Morgan fingerprint density at radius 2 is 1.06 bits per heavy atom. The van der Waals surface area contributed by atoms with Crippen molar-refractivity contribution in [2.45, 2.75) is 0 Å². The Morgan fingerprint density at radius 3 is 1.84 bits per heavy atom. The predicted octanol–water partition coefficient (Wildman–Crippen LogP) is 9.13. The molecule has 49 heavy (non-hydrogen) atoms. The van der Waals surface area contributed by atoms with Crippen molar-refractivity contribution in [3.05, 3.63) is 170 Å². The van der Waals surface area contributed by atoms with Crippen LogP contribution in [0.5, 0.6) is 11.5 Å². The van der Waals surface area contributed by atoms with Gasteiger partial charge in [0.25, 0.3) is 6.71 Å². The van der Waals surface area contributed by atoms with Gasteiger partial charge in [0.05, 0.1) is 27.8 Å². The highest BCUT2D eigenvalue weighted by Crippen LogP contribution is 2.45. The molecular formula is C44H28BN3O. The van der Waals surface area contributed by atoms with Crippen LogP contribution in [0.25, 0.3) is 44.2 Å². The number of aromatic nitrogens is 2. The zero-order chi connectivity index (χ0) is 32.1. The van der Waals surface area contributed by atoms with Crippen LogP contribution in [-0.2, 0) is 0 Å². The van der Waals surface area contributed by atoms with Gasteiger partial charge in [-0.15, -0.1) is 0 Å². The van der Waals surface area contributed by atoms with Crippen LogP contribution in [0.2, 0.25) is 0 Å². The van der Waals surface area contributed by atoms with E-state index in [2.05, 4.69) is 184 Å². The Morgan fingerprint density at radius 1 is 0.449 bits per heavy atom. The first kappa shape index (κ1) is 26.6. The first-order valence-corrected chi connectivity index (χ1v) is 16.8. The molecule has 0 radical (unpaired) electrons. The van der Waals surface area contributed by atoms with E-state index < -0.39 is 0 Å². The second-order valence-corrected chi connectivity index (χ2v) is 12.9. The van der Waals surface area contributed by atoms with Crippen LogP contribution in [0.4, 0.5) is 17.1 Å². The lowest BCUT2D eigenvalue weighted by Crippen LogP contribution is -2.58. The summed E-state index contributed by atoms with van der Waals surface area (Å²) in [6.45, 7) is 0.0394. The number of nitrogens with zero attached hydrogens (tertiary/aromatic N) is 3. The summed E-state index contributed by atoms with van der Waals surface area (Å²) < 4.78 is 11.9. The van der Waals surface area contributed by atoms with Crippen LogP contribution in [0, 0.1) is 0 Å². The van der Waals surface area contributed by atoms with E-state index in [4.69, 9.17) is 4.74 Å². The van der Waals surface area contributed by atoms with Gasteiger partial charge in [-0.3, -0.25) is 0 Å². The summed E-state index contributed by atoms with van der Waals surface area (Å²) in [6.07, 6.45) is 0. The van der Waals surface area contributed by atoms with Crippen LogP contribution in [0.15, 0.2) is 170 Å². The summed E-state index contributed by atoms with van der Waals surface area (Å²) in [5.74, 6) is 1.80. The Balaban J connectivity index is 1.32. The number of benzene rings is 7. The van der Waals surface area contributed by atoms with Crippen molar-refractivity contribution in [3.8, 4) is 22.9 Å². The van der Waals surface area contributed by atoms with Gasteiger partial charge in [0.1, 0.15) is 11.5 Å². The molecular weight excluding hydrogens is 597 g/mol. The molecule has 0 fully saturated rings. The fourth-order valence-electron chi connectivity index (χ4n) is 8.43. The smallest absolute Gasteiger partial charge is 0.256 e. The minimum Gasteiger partial charge on any atom is -0.458 e. The second-order valence-electron chi connectivity index (χ2n) is 12.9. The number of anilines is 3. The van der Waals surface area contributed by atoms with Crippen molar-refractivity contribution < 1.29 is 4.74 Å². The topological polar surface area (TPSA) is 22.3 Å². The number of para-hydroxylation sites is 6. The SMILES string of the molecule is c1ccc(N(c2ccccc2)c2cc3c4c(c2)-n2c5c(cccc5c5c2c2ccccc2n5-c2ccccc2)B4c2ccccc2O3)cc1. The molecule has 0 N–H and O–H groups in total. The molecule has 7 aromatic carbocycles. The van der Waals surface area contributed by atoms with Gasteiger partial charge in [0, 0.05) is 39.6 Å². The molecule has 2 aliphatic rings. The van der Waals surface area contributed by atoms with Crippen molar-refractivity contribution in [2.24, 2.45) is 0 Å². The first-order valence-electron chi connectivity index (χ1n) is 16.8. The molecule has 0 spiro atoms. The number of hydrogen-bond acceptors (Lipinski definition) is 2. The fraction of sp³-hybridized carbons (Fsp3) is 0. The Labute approximate surface area is 283 Å². The van der Waals surface area contributed by atoms with E-state index in [1.165, 1.54) is 49.2 Å². The average Bonchev–Trinajstić information content (AvgIpc) is 3.68. The van der Waals surface area contributed by atoms with Crippen LogP contribution >= 0.6 is 0 Å². The molecule has 0 aliphatic carbocycles. The highest BCUT2D eigenvalue weighted by Gasteiger charge is 2.41. The van der Waals surface area contributed by atoms with E-state index in [0.717, 1.165) is 39.9 Å². The van der Waals surface area contributed by atoms with Gasteiger partial charge in [-0.2, -0.15) is 0 Å². The first-order chi connectivity index (χ1) is 24.3. The highest BCUT2D eigenvalue weighted by molar-refractivity contribution is 6.99. The number of fused-ring (bicyclic) bond motifs is 9. The summed E-state index contributed by atoms with van der Waals surface area (Å²) in [7, 11) is 0. The molecule has 5 heteroatoms. The third-order valence-electron chi connectivity index (χ3n) is 10.3. The Kier molecular flexibility index (Phi) is 5.44. The lowest BCUT2D eigenvalue weighted by atomic mass is 9.34. The largest absolute Gasteiger partial charge is 0.458 e. The van der Waals surface area contributed by atoms with Gasteiger partial charge in [0.15, 0.2) is 0 Å². The van der Waals surface area contributed by atoms with Crippen molar-refractivity contribution in [1.29, 1.82) is 0 Å². The van der Waals surface area contributed by atoms with Crippen molar-refractivity contribution >= 4 is 73.0 Å². The monoisotopic (exact) mass is 625 g/mol. The third-order valence-corrected chi connectivity index (χ3v) is 10.3. The summed E-state index contributed by atoms with van der Waals surface area (Å²) >= 11 is 0. The molecule has 4 heterocycles. The summed E-state index contributed by atoms with van der Waals surface area (Å²) in [4.78, 5) is 2.33. The fourth-order valence-corrected chi connectivity index (χ4v) is 8.43. The van der Waals surface area contributed by atoms with Crippen LogP contribution in [-0.4, -0.2) is 15.8 Å². The molecule has 2 aromatic heterocycles. The molecule has 9 aromatic rings. The van der Waals surface area contributed by atoms with Gasteiger partial charge in [-0.25, -0.2) is 0 Å². The molecule has 4 nitrogen and oxygen atoms in total. The molecule has 0 saturated heterocycles. The molecule has 0 amide bonds. The van der Waals surface area contributed by atoms with Gasteiger partial charge < -0.3 is 18.8 Å². The van der Waals surface area contributed by atoms with E-state index in [9.17, 15) is 0 Å². The predicted molar refractivity (Wildman–Crippen MR) is 203 cm³/mol. The summed E-state index contributed by atoms with van der Waals surface area (Å²) in [5.41, 5.74) is 14.1. The maximum absolute atomic E-state index is 6.90. The van der Waals surface area contributed by atoms with Crippen molar-refractivity contribution in [1.82, 2.24) is 9.13 Å². The zero-order valence-corrected chi connectivity index (χ0v) is 26.5. The molecule has 2 aliphatic heterocycles. The van der Waals surface area contributed by atoms with Crippen LogP contribution in [0.1, 0.15) is 0 Å². The molecule has 0 bridgehead atoms. The van der Waals surface area contributed by atoms with Gasteiger partial charge in [-0.1, -0.05) is 109 Å². The van der Waals surface area contributed by atoms with Gasteiger partial charge in [0.2, 0.25) is 0 Å². The van der Waals surface area contributed by atoms with E-state index >= 15 is 0 Å². The maximum Gasteiger partial charge on any atom is 0.256 e. The van der Waals surface area contributed by atoms with E-state index in [0.29, 0.717) is 0 Å². The van der Waals surface area contributed by atoms with Crippen LogP contribution in [0.3, 0.4) is 0 Å². The number of hydrogen-bond donors (Lipinski definition) is 0. The van der Waals surface area contributed by atoms with Gasteiger partial charge in [-0.05, 0) is 71.0 Å². The van der Waals surface area contributed by atoms with Crippen molar-refractivity contribution in [2.75, 3.05) is 4.90 Å². The molecule has 0 atom stereocenters. The standard InChI is InChI=1S/C44H28BN3O/c1-4-15-29(16-5-1)46(30-17-6-2-7-18-30)32-27-38-41-40(28-32)49-39-26-13-11-23-35(39)45(41)36-24-14-22-34-42(36)48(38)43-33-21-10-12-25-37(33)47(44(34)43)31-19-8-3-9-20-31/h1-28H. The number of ether oxygens (including phenoxy) is 1. The summed E-state index contributed by atoms with van der Waals surface area (Å²) in [6, 6.07) is 60.8. The molecule has 228 valence electrons. The number of rotatable bonds is 4. The second kappa shape index (κ2) is 10.0. The normalized spacial score (nSPS) is 12.6. The highest BCUT2D eigenvalue weighted by atomic mass is 16.5. The minimum absolute atomic E-state index is 0.0394. The van der Waals surface area contributed by atoms with Gasteiger partial charge >= 0.3 is 0 Å². The lowest BCUT2D eigenvalue weighted by Gasteiger charge is -2.35. The quantitative estimate of drug-likeness (QED) is 0.182. The Hall–Kier alpha value is -6.46. The Bertz CT molecular complexity index is 2710. The third kappa shape index (κ3) is 3.64. The zero-order valence-electron chi connectivity index (χ0n) is 26.5.